The molecule has 3 rings (SSSR count). The second-order valence-corrected chi connectivity index (χ2v) is 5.70. The van der Waals surface area contributed by atoms with Crippen LogP contribution in [0.5, 0.6) is 5.75 Å². The topological polar surface area (TPSA) is 90.1 Å². The second-order valence-electron chi connectivity index (χ2n) is 4.76. The van der Waals surface area contributed by atoms with E-state index in [0.29, 0.717) is 16.7 Å². The molecule has 7 nitrogen and oxygen atoms in total. The monoisotopic (exact) mass is 330 g/mol. The first-order valence-corrected chi connectivity index (χ1v) is 7.83. The van der Waals surface area contributed by atoms with Gasteiger partial charge in [-0.3, -0.25) is 9.78 Å². The summed E-state index contributed by atoms with van der Waals surface area (Å²) in [5, 5.41) is 18.3. The number of hydrogen-bond donors (Lipinski definition) is 1. The van der Waals surface area contributed by atoms with Crippen molar-refractivity contribution in [3.8, 4) is 5.75 Å². The third-order valence-corrected chi connectivity index (χ3v) is 4.21. The highest BCUT2D eigenvalue weighted by Gasteiger charge is 2.12. The highest BCUT2D eigenvalue weighted by molar-refractivity contribution is 7.99. The van der Waals surface area contributed by atoms with E-state index in [4.69, 9.17) is 9.84 Å². The molecule has 0 aliphatic heterocycles. The van der Waals surface area contributed by atoms with Crippen LogP contribution in [0.4, 0.5) is 0 Å². The van der Waals surface area contributed by atoms with E-state index in [1.807, 2.05) is 30.3 Å². The van der Waals surface area contributed by atoms with E-state index in [-0.39, 0.29) is 12.4 Å². The van der Waals surface area contributed by atoms with E-state index in [1.54, 1.807) is 17.8 Å². The van der Waals surface area contributed by atoms with Crippen LogP contribution in [-0.4, -0.2) is 36.6 Å². The minimum absolute atomic E-state index is 0.0555. The molecule has 0 fully saturated rings. The summed E-state index contributed by atoms with van der Waals surface area (Å²) in [6.07, 6.45) is 1.72. The summed E-state index contributed by atoms with van der Waals surface area (Å²) in [6, 6.07) is 9.58. The Morgan fingerprint density at radius 2 is 2.13 bits per heavy atom. The van der Waals surface area contributed by atoms with Crippen molar-refractivity contribution >= 4 is 28.6 Å². The lowest BCUT2D eigenvalue weighted by molar-refractivity contribution is -0.133. The van der Waals surface area contributed by atoms with Crippen molar-refractivity contribution in [1.82, 2.24) is 19.7 Å². The molecular formula is C15H14N4O3S. The van der Waals surface area contributed by atoms with Crippen LogP contribution in [0.1, 0.15) is 5.82 Å². The number of fused-ring (bicyclic) bond motifs is 1. The predicted molar refractivity (Wildman–Crippen MR) is 85.4 cm³/mol. The van der Waals surface area contributed by atoms with Gasteiger partial charge in [-0.1, -0.05) is 30.0 Å². The molecule has 0 bridgehead atoms. The number of rotatable bonds is 6. The molecule has 0 atom stereocenters. The average Bonchev–Trinajstić information content (AvgIpc) is 2.91. The molecule has 0 aliphatic rings. The van der Waals surface area contributed by atoms with Crippen molar-refractivity contribution in [3.63, 3.8) is 0 Å². The van der Waals surface area contributed by atoms with Crippen LogP contribution in [0.25, 0.3) is 10.9 Å². The first kappa shape index (κ1) is 15.3. The average molecular weight is 330 g/mol. The number of ether oxygens (including phenoxy) is 1. The third kappa shape index (κ3) is 3.42. The molecule has 3 aromatic rings. The molecule has 118 valence electrons. The van der Waals surface area contributed by atoms with Gasteiger partial charge in [0.05, 0.1) is 5.75 Å². The van der Waals surface area contributed by atoms with Gasteiger partial charge in [0, 0.05) is 18.6 Å². The number of para-hydroxylation sites is 1. The zero-order valence-electron chi connectivity index (χ0n) is 12.3. The van der Waals surface area contributed by atoms with Gasteiger partial charge in [-0.25, -0.2) is 0 Å². The molecular weight excluding hydrogens is 316 g/mol. The fourth-order valence-electron chi connectivity index (χ4n) is 2.06. The van der Waals surface area contributed by atoms with E-state index in [0.717, 1.165) is 22.7 Å². The minimum atomic E-state index is -0.891. The van der Waals surface area contributed by atoms with Gasteiger partial charge in [0.25, 0.3) is 0 Å². The number of aliphatic carboxylic acids is 1. The molecule has 0 saturated carbocycles. The number of pyridine rings is 1. The number of carboxylic acids is 1. The molecule has 2 aromatic heterocycles. The number of hydrogen-bond acceptors (Lipinski definition) is 6. The van der Waals surface area contributed by atoms with Gasteiger partial charge in [0.1, 0.15) is 17.9 Å². The molecule has 0 saturated heterocycles. The molecule has 0 aliphatic carbocycles. The maximum absolute atomic E-state index is 10.6. The van der Waals surface area contributed by atoms with Gasteiger partial charge < -0.3 is 14.4 Å². The summed E-state index contributed by atoms with van der Waals surface area (Å²) in [5.41, 5.74) is 0.789. The number of benzene rings is 1. The van der Waals surface area contributed by atoms with Gasteiger partial charge in [0.2, 0.25) is 0 Å². The highest BCUT2D eigenvalue weighted by Crippen LogP contribution is 2.24. The van der Waals surface area contributed by atoms with Crippen LogP contribution >= 0.6 is 11.8 Å². The molecule has 1 aromatic carbocycles. The zero-order chi connectivity index (χ0) is 16.2. The summed E-state index contributed by atoms with van der Waals surface area (Å²) in [7, 11) is 1.78. The third-order valence-electron chi connectivity index (χ3n) is 3.20. The van der Waals surface area contributed by atoms with Gasteiger partial charge in [-0.2, -0.15) is 0 Å². The molecule has 8 heteroatoms. The van der Waals surface area contributed by atoms with Gasteiger partial charge in [0.15, 0.2) is 11.0 Å². The maximum Gasteiger partial charge on any atom is 0.313 e. The summed E-state index contributed by atoms with van der Waals surface area (Å²) in [4.78, 5) is 14.9. The van der Waals surface area contributed by atoms with Gasteiger partial charge >= 0.3 is 5.97 Å². The number of nitrogens with zero attached hydrogens (tertiary/aromatic N) is 4. The minimum Gasteiger partial charge on any atom is -0.483 e. The first-order chi connectivity index (χ1) is 11.1. The highest BCUT2D eigenvalue weighted by atomic mass is 32.2. The Hall–Kier alpha value is -2.61. The normalized spacial score (nSPS) is 10.8. The molecule has 0 unspecified atom stereocenters. The van der Waals surface area contributed by atoms with Crippen LogP contribution in [0.3, 0.4) is 0 Å². The van der Waals surface area contributed by atoms with E-state index in [9.17, 15) is 4.79 Å². The Kier molecular flexibility index (Phi) is 4.42. The van der Waals surface area contributed by atoms with E-state index in [1.165, 1.54) is 0 Å². The van der Waals surface area contributed by atoms with Gasteiger partial charge in [-0.15, -0.1) is 10.2 Å². The zero-order valence-corrected chi connectivity index (χ0v) is 13.2. The Morgan fingerprint density at radius 3 is 2.96 bits per heavy atom. The Labute approximate surface area is 136 Å². The van der Waals surface area contributed by atoms with Crippen LogP contribution in [0.2, 0.25) is 0 Å². The standard InChI is InChI=1S/C15H14N4O3S/c1-19-12(17-18-15(19)23-9-13(20)21)8-22-11-6-2-4-10-5-3-7-16-14(10)11/h2-7H,8-9H2,1H3,(H,20,21). The first-order valence-electron chi connectivity index (χ1n) is 6.84. The second kappa shape index (κ2) is 6.66. The molecule has 2 heterocycles. The summed E-state index contributed by atoms with van der Waals surface area (Å²) < 4.78 is 7.54. The Balaban J connectivity index is 1.74. The molecule has 23 heavy (non-hydrogen) atoms. The number of carbonyl (C=O) groups is 1. The Morgan fingerprint density at radius 1 is 1.30 bits per heavy atom. The van der Waals surface area contributed by atoms with Crippen molar-refractivity contribution in [1.29, 1.82) is 0 Å². The summed E-state index contributed by atoms with van der Waals surface area (Å²) >= 11 is 1.12. The van der Waals surface area contributed by atoms with E-state index in [2.05, 4.69) is 15.2 Å². The van der Waals surface area contributed by atoms with Crippen LogP contribution in [0.15, 0.2) is 41.7 Å². The lowest BCUT2D eigenvalue weighted by atomic mass is 10.2. The molecule has 0 radical (unpaired) electrons. The van der Waals surface area contributed by atoms with Crippen LogP contribution < -0.4 is 4.74 Å². The maximum atomic E-state index is 10.6. The number of aromatic nitrogens is 4. The molecule has 0 spiro atoms. The lowest BCUT2D eigenvalue weighted by Crippen LogP contribution is -2.05. The largest absolute Gasteiger partial charge is 0.483 e. The molecule has 0 amide bonds. The quantitative estimate of drug-likeness (QED) is 0.692. The van der Waals surface area contributed by atoms with Crippen molar-refractivity contribution in [2.75, 3.05) is 5.75 Å². The smallest absolute Gasteiger partial charge is 0.313 e. The summed E-state index contributed by atoms with van der Waals surface area (Å²) in [6.45, 7) is 0.229. The van der Waals surface area contributed by atoms with Crippen LogP contribution in [0, 0.1) is 0 Å². The number of thioether (sulfide) groups is 1. The Bertz CT molecular complexity index is 844. The van der Waals surface area contributed by atoms with Crippen molar-refractivity contribution in [2.24, 2.45) is 7.05 Å². The van der Waals surface area contributed by atoms with Crippen molar-refractivity contribution in [2.45, 2.75) is 11.8 Å². The fraction of sp³-hybridized carbons (Fsp3) is 0.200. The summed E-state index contributed by atoms with van der Waals surface area (Å²) in [5.74, 6) is 0.342. The number of carboxylic acid groups (broad SMARTS) is 1. The fourth-order valence-corrected chi connectivity index (χ4v) is 2.71. The predicted octanol–water partition coefficient (Wildman–Crippen LogP) is 2.12. The van der Waals surface area contributed by atoms with Crippen molar-refractivity contribution < 1.29 is 14.6 Å². The molecule has 1 N–H and O–H groups in total. The van der Waals surface area contributed by atoms with Crippen molar-refractivity contribution in [3.05, 3.63) is 42.4 Å². The van der Waals surface area contributed by atoms with E-state index < -0.39 is 5.97 Å². The SMILES string of the molecule is Cn1c(COc2cccc3cccnc23)nnc1SCC(=O)O. The van der Waals surface area contributed by atoms with Gasteiger partial charge in [-0.05, 0) is 12.1 Å². The van der Waals surface area contributed by atoms with Crippen LogP contribution in [-0.2, 0) is 18.4 Å². The van der Waals surface area contributed by atoms with E-state index >= 15 is 0 Å². The lowest BCUT2D eigenvalue weighted by Gasteiger charge is -2.08.